The Morgan fingerprint density at radius 1 is 1.29 bits per heavy atom. The van der Waals surface area contributed by atoms with E-state index >= 15 is 0 Å². The Morgan fingerprint density at radius 2 is 1.86 bits per heavy atom. The number of halogens is 2. The molecular weight excluding hydrogens is 359 g/mol. The lowest BCUT2D eigenvalue weighted by Gasteiger charge is -2.17. The van der Waals surface area contributed by atoms with E-state index < -0.39 is 0 Å². The smallest absolute Gasteiger partial charge is 0.184 e. The third-order valence-corrected chi connectivity index (χ3v) is 3.86. The van der Waals surface area contributed by atoms with E-state index in [-0.39, 0.29) is 6.29 Å². The van der Waals surface area contributed by atoms with Gasteiger partial charge in [-0.25, -0.2) is 0 Å². The average molecular weight is 371 g/mol. The van der Waals surface area contributed by atoms with Crippen molar-refractivity contribution in [3.05, 3.63) is 31.3 Å². The number of benzene rings is 1. The lowest BCUT2D eigenvalue weighted by molar-refractivity contribution is -0.106. The fraction of sp³-hybridized carbons (Fsp3) is 0.400. The van der Waals surface area contributed by atoms with E-state index in [1.165, 1.54) is 9.13 Å². The molecule has 0 bridgehead atoms. The van der Waals surface area contributed by atoms with Crippen molar-refractivity contribution in [2.45, 2.75) is 13.2 Å². The molecule has 0 aromatic heterocycles. The second kappa shape index (κ2) is 5.44. The fourth-order valence-electron chi connectivity index (χ4n) is 1.27. The van der Waals surface area contributed by atoms with Gasteiger partial charge >= 0.3 is 0 Å². The van der Waals surface area contributed by atoms with Crippen molar-refractivity contribution in [3.8, 4) is 0 Å². The van der Waals surface area contributed by atoms with Gasteiger partial charge in [0, 0.05) is 27.8 Å². The molecule has 0 aliphatic heterocycles. The number of hydrogen-bond acceptors (Lipinski definition) is 2. The third-order valence-electron chi connectivity index (χ3n) is 1.93. The van der Waals surface area contributed by atoms with Gasteiger partial charge in [0.2, 0.25) is 0 Å². The van der Waals surface area contributed by atoms with Crippen LogP contribution < -0.4 is 0 Å². The summed E-state index contributed by atoms with van der Waals surface area (Å²) < 4.78 is 12.7. The summed E-state index contributed by atoms with van der Waals surface area (Å²) >= 11 is 5.76. The molecule has 0 unspecified atom stereocenters. The van der Waals surface area contributed by atoms with Gasteiger partial charge in [-0.05, 0) is 47.2 Å². The predicted molar refractivity (Wildman–Crippen MR) is 68.4 cm³/mol. The molecule has 4 heteroatoms. The van der Waals surface area contributed by atoms with Crippen LogP contribution in [0.1, 0.15) is 17.4 Å². The van der Waals surface area contributed by atoms with Crippen LogP contribution in [-0.4, -0.2) is 14.2 Å². The number of aryl methyl sites for hydroxylation is 1. The molecule has 0 spiro atoms. The van der Waals surface area contributed by atoms with E-state index in [4.69, 9.17) is 9.47 Å². The summed E-state index contributed by atoms with van der Waals surface area (Å²) in [6, 6.07) is 4.10. The summed E-state index contributed by atoms with van der Waals surface area (Å²) in [4.78, 5) is 0. The van der Waals surface area contributed by atoms with Gasteiger partial charge in [-0.1, -0.05) is 15.9 Å². The van der Waals surface area contributed by atoms with E-state index in [1.54, 1.807) is 14.2 Å². The Balaban J connectivity index is 3.18. The predicted octanol–water partition coefficient (Wildman–Crippen LogP) is 3.65. The molecule has 0 heterocycles. The highest BCUT2D eigenvalue weighted by molar-refractivity contribution is 14.1. The first-order chi connectivity index (χ1) is 6.60. The second-order valence-corrected chi connectivity index (χ2v) is 4.92. The molecule has 0 aliphatic carbocycles. The Hall–Kier alpha value is 0.350. The first kappa shape index (κ1) is 12.4. The lowest BCUT2D eigenvalue weighted by atomic mass is 10.1. The molecular formula is C10H12BrIO2. The Morgan fingerprint density at radius 3 is 2.36 bits per heavy atom. The zero-order chi connectivity index (χ0) is 10.7. The van der Waals surface area contributed by atoms with Gasteiger partial charge in [0.05, 0.1) is 0 Å². The van der Waals surface area contributed by atoms with Gasteiger partial charge in [0.25, 0.3) is 0 Å². The second-order valence-electron chi connectivity index (χ2n) is 2.93. The minimum absolute atomic E-state index is 0.293. The van der Waals surface area contributed by atoms with Crippen LogP contribution in [0.4, 0.5) is 0 Å². The zero-order valence-corrected chi connectivity index (χ0v) is 12.0. The van der Waals surface area contributed by atoms with Crippen LogP contribution in [0.15, 0.2) is 16.6 Å². The molecule has 1 aromatic rings. The molecule has 0 saturated heterocycles. The Kier molecular flexibility index (Phi) is 4.82. The fourth-order valence-corrected chi connectivity index (χ4v) is 2.43. The highest BCUT2D eigenvalue weighted by Gasteiger charge is 2.14. The lowest BCUT2D eigenvalue weighted by Crippen LogP contribution is -2.06. The van der Waals surface area contributed by atoms with Gasteiger partial charge < -0.3 is 9.47 Å². The highest BCUT2D eigenvalue weighted by Crippen LogP contribution is 2.29. The van der Waals surface area contributed by atoms with Crippen molar-refractivity contribution in [1.82, 2.24) is 0 Å². The van der Waals surface area contributed by atoms with E-state index in [0.717, 1.165) is 10.0 Å². The summed E-state index contributed by atoms with van der Waals surface area (Å²) in [5.41, 5.74) is 2.27. The molecule has 0 atom stereocenters. The average Bonchev–Trinajstić information content (AvgIpc) is 2.15. The number of rotatable bonds is 3. The molecule has 78 valence electrons. The normalized spacial score (nSPS) is 11.0. The van der Waals surface area contributed by atoms with Crippen LogP contribution >= 0.6 is 38.5 Å². The Labute approximate surface area is 106 Å². The monoisotopic (exact) mass is 370 g/mol. The van der Waals surface area contributed by atoms with Gasteiger partial charge in [-0.15, -0.1) is 0 Å². The van der Waals surface area contributed by atoms with E-state index in [2.05, 4.69) is 51.5 Å². The summed E-state index contributed by atoms with van der Waals surface area (Å²) in [6.45, 7) is 2.07. The molecule has 0 saturated carbocycles. The summed E-state index contributed by atoms with van der Waals surface area (Å²) in [6.07, 6.45) is -0.293. The molecule has 0 amide bonds. The van der Waals surface area contributed by atoms with E-state index in [9.17, 15) is 0 Å². The molecule has 2 nitrogen and oxygen atoms in total. The van der Waals surface area contributed by atoms with Crippen molar-refractivity contribution in [3.63, 3.8) is 0 Å². The number of ether oxygens (including phenoxy) is 2. The van der Waals surface area contributed by atoms with Crippen molar-refractivity contribution in [1.29, 1.82) is 0 Å². The van der Waals surface area contributed by atoms with E-state index in [0.29, 0.717) is 0 Å². The van der Waals surface area contributed by atoms with Gasteiger partial charge in [0.15, 0.2) is 6.29 Å². The molecule has 14 heavy (non-hydrogen) atoms. The third kappa shape index (κ3) is 2.68. The highest BCUT2D eigenvalue weighted by atomic mass is 127. The largest absolute Gasteiger partial charge is 0.352 e. The molecule has 0 N–H and O–H groups in total. The Bertz CT molecular complexity index is 324. The molecule has 0 fully saturated rings. The van der Waals surface area contributed by atoms with Crippen molar-refractivity contribution < 1.29 is 9.47 Å². The van der Waals surface area contributed by atoms with Crippen LogP contribution in [0, 0.1) is 10.5 Å². The first-order valence-corrected chi connectivity index (χ1v) is 5.98. The van der Waals surface area contributed by atoms with Crippen molar-refractivity contribution in [2.75, 3.05) is 14.2 Å². The van der Waals surface area contributed by atoms with Gasteiger partial charge in [-0.3, -0.25) is 0 Å². The maximum Gasteiger partial charge on any atom is 0.184 e. The van der Waals surface area contributed by atoms with Crippen LogP contribution in [0.2, 0.25) is 0 Å². The van der Waals surface area contributed by atoms with Crippen molar-refractivity contribution in [2.24, 2.45) is 0 Å². The van der Waals surface area contributed by atoms with Crippen molar-refractivity contribution >= 4 is 38.5 Å². The first-order valence-electron chi connectivity index (χ1n) is 4.11. The quantitative estimate of drug-likeness (QED) is 0.597. The number of methoxy groups -OCH3 is 2. The summed E-state index contributed by atoms with van der Waals surface area (Å²) in [5.74, 6) is 0. The molecule has 1 rings (SSSR count). The van der Waals surface area contributed by atoms with Crippen LogP contribution in [0.3, 0.4) is 0 Å². The maximum atomic E-state index is 5.23. The van der Waals surface area contributed by atoms with Crippen LogP contribution in [0.25, 0.3) is 0 Å². The zero-order valence-electron chi connectivity index (χ0n) is 8.30. The molecule has 1 aromatic carbocycles. The minimum Gasteiger partial charge on any atom is -0.352 e. The van der Waals surface area contributed by atoms with Crippen LogP contribution in [0.5, 0.6) is 0 Å². The SMILES string of the molecule is COC(OC)c1cc(Br)cc(C)c1I. The van der Waals surface area contributed by atoms with Gasteiger partial charge in [-0.2, -0.15) is 0 Å². The maximum absolute atomic E-state index is 5.23. The molecule has 0 aliphatic rings. The summed E-state index contributed by atoms with van der Waals surface area (Å²) in [5, 5.41) is 0. The molecule has 0 radical (unpaired) electrons. The standard InChI is InChI=1S/C10H12BrIO2/c1-6-4-7(11)5-8(9(6)12)10(13-2)14-3/h4-5,10H,1-3H3. The number of hydrogen-bond donors (Lipinski definition) is 0. The van der Waals surface area contributed by atoms with Crippen LogP contribution in [-0.2, 0) is 9.47 Å². The van der Waals surface area contributed by atoms with Gasteiger partial charge in [0.1, 0.15) is 0 Å². The minimum atomic E-state index is -0.293. The van der Waals surface area contributed by atoms with E-state index in [1.807, 2.05) is 6.07 Å². The summed E-state index contributed by atoms with van der Waals surface area (Å²) in [7, 11) is 3.28. The topological polar surface area (TPSA) is 18.5 Å².